The highest BCUT2D eigenvalue weighted by Gasteiger charge is 2.08. The van der Waals surface area contributed by atoms with Crippen LogP contribution in [0, 0.1) is 0 Å². The van der Waals surface area contributed by atoms with Crippen molar-refractivity contribution >= 4 is 7.05 Å². The van der Waals surface area contributed by atoms with E-state index in [0.29, 0.717) is 19.8 Å². The third-order valence-corrected chi connectivity index (χ3v) is 1.49. The number of nitrogens with zero attached hydrogens (tertiary/aromatic N) is 1. The number of ether oxygens (including phenoxy) is 1. The molecule has 66 valence electrons. The molecular weight excluding hydrogens is 143 g/mol. The van der Waals surface area contributed by atoms with E-state index in [1.807, 2.05) is 7.05 Å². The van der Waals surface area contributed by atoms with Crippen LogP contribution in [0.4, 0.5) is 0 Å². The first-order chi connectivity index (χ1) is 5.18. The first-order valence-corrected chi connectivity index (χ1v) is 3.84. The Morgan fingerprint density at radius 1 is 1.55 bits per heavy atom. The van der Waals surface area contributed by atoms with Gasteiger partial charge in [0.25, 0.3) is 0 Å². The van der Waals surface area contributed by atoms with E-state index < -0.39 is 7.05 Å². The zero-order valence-electron chi connectivity index (χ0n) is 7.29. The Labute approximate surface area is 68.5 Å². The van der Waals surface area contributed by atoms with Crippen LogP contribution in [-0.4, -0.2) is 50.2 Å². The lowest BCUT2D eigenvalue weighted by Crippen LogP contribution is -2.36. The average Bonchev–Trinajstić information content (AvgIpc) is 1.97. The second-order valence-electron chi connectivity index (χ2n) is 2.51. The fraction of sp³-hybridized carbons (Fsp3) is 1.00. The van der Waals surface area contributed by atoms with E-state index in [-0.39, 0.29) is 0 Å². The van der Waals surface area contributed by atoms with Crippen LogP contribution >= 0.6 is 0 Å². The highest BCUT2D eigenvalue weighted by molar-refractivity contribution is 6.45. The van der Waals surface area contributed by atoms with E-state index in [4.69, 9.17) is 15.5 Å². The minimum absolute atomic E-state index is 0.406. The Kier molecular flexibility index (Phi) is 6.55. The standard InChI is InChI=1S/C6H17BN2O2/c1-7(10)9(2)4-6-11-5-3-8/h10H,3-6,8H2,1-2H3. The lowest BCUT2D eigenvalue weighted by molar-refractivity contribution is 0.130. The first-order valence-electron chi connectivity index (χ1n) is 3.84. The summed E-state index contributed by atoms with van der Waals surface area (Å²) in [5, 5.41) is 9.02. The Morgan fingerprint density at radius 3 is 2.64 bits per heavy atom. The van der Waals surface area contributed by atoms with Gasteiger partial charge in [-0.15, -0.1) is 0 Å². The van der Waals surface area contributed by atoms with E-state index in [1.165, 1.54) is 0 Å². The quantitative estimate of drug-likeness (QED) is 0.386. The van der Waals surface area contributed by atoms with Crippen molar-refractivity contribution in [1.29, 1.82) is 0 Å². The lowest BCUT2D eigenvalue weighted by Gasteiger charge is -2.16. The monoisotopic (exact) mass is 160 g/mol. The van der Waals surface area contributed by atoms with E-state index in [0.717, 1.165) is 6.54 Å². The molecule has 11 heavy (non-hydrogen) atoms. The molecular formula is C6H17BN2O2. The molecule has 0 radical (unpaired) electrons. The van der Waals surface area contributed by atoms with Crippen molar-refractivity contribution in [2.75, 3.05) is 33.4 Å². The van der Waals surface area contributed by atoms with Crippen LogP contribution in [0.3, 0.4) is 0 Å². The minimum atomic E-state index is -0.406. The maximum absolute atomic E-state index is 9.02. The third kappa shape index (κ3) is 6.31. The summed E-state index contributed by atoms with van der Waals surface area (Å²) in [7, 11) is 1.44. The van der Waals surface area contributed by atoms with Gasteiger partial charge < -0.3 is 20.3 Å². The number of nitrogens with two attached hydrogens (primary N) is 1. The molecule has 0 bridgehead atoms. The molecule has 5 heteroatoms. The lowest BCUT2D eigenvalue weighted by atomic mass is 9.86. The van der Waals surface area contributed by atoms with Gasteiger partial charge in [-0.25, -0.2) is 0 Å². The van der Waals surface area contributed by atoms with E-state index in [2.05, 4.69) is 0 Å². The predicted octanol–water partition coefficient (Wildman–Crippen LogP) is -0.996. The molecule has 0 aliphatic rings. The number of hydrogen-bond acceptors (Lipinski definition) is 4. The van der Waals surface area contributed by atoms with Crippen molar-refractivity contribution in [3.8, 4) is 0 Å². The molecule has 0 aromatic heterocycles. The zero-order chi connectivity index (χ0) is 8.69. The summed E-state index contributed by atoms with van der Waals surface area (Å²) in [6.45, 7) is 4.23. The summed E-state index contributed by atoms with van der Waals surface area (Å²) in [5.74, 6) is 0. The molecule has 0 aliphatic carbocycles. The van der Waals surface area contributed by atoms with Gasteiger partial charge in [0.1, 0.15) is 0 Å². The highest BCUT2D eigenvalue weighted by Crippen LogP contribution is 1.85. The summed E-state index contributed by atoms with van der Waals surface area (Å²) in [6.07, 6.45) is 0. The first kappa shape index (κ1) is 10.9. The molecule has 0 aromatic carbocycles. The summed E-state index contributed by atoms with van der Waals surface area (Å²) in [4.78, 5) is 1.80. The SMILES string of the molecule is CB(O)N(C)CCOCCN. The molecule has 0 saturated carbocycles. The fourth-order valence-corrected chi connectivity index (χ4v) is 0.581. The summed E-state index contributed by atoms with van der Waals surface area (Å²) in [6, 6.07) is 0. The molecule has 0 spiro atoms. The predicted molar refractivity (Wildman–Crippen MR) is 46.3 cm³/mol. The Morgan fingerprint density at radius 2 is 2.18 bits per heavy atom. The van der Waals surface area contributed by atoms with Gasteiger partial charge in [-0.3, -0.25) is 0 Å². The van der Waals surface area contributed by atoms with E-state index >= 15 is 0 Å². The van der Waals surface area contributed by atoms with Crippen molar-refractivity contribution in [2.24, 2.45) is 5.73 Å². The van der Waals surface area contributed by atoms with Gasteiger partial charge in [-0.05, 0) is 13.9 Å². The number of hydrogen-bond donors (Lipinski definition) is 2. The van der Waals surface area contributed by atoms with Crippen LogP contribution in [0.2, 0.25) is 6.82 Å². The topological polar surface area (TPSA) is 58.7 Å². The smallest absolute Gasteiger partial charge is 0.376 e. The average molecular weight is 160 g/mol. The van der Waals surface area contributed by atoms with Crippen molar-refractivity contribution in [2.45, 2.75) is 6.82 Å². The summed E-state index contributed by atoms with van der Waals surface area (Å²) in [5.41, 5.74) is 5.22. The normalized spacial score (nSPS) is 10.6. The molecule has 0 atom stereocenters. The summed E-state index contributed by atoms with van der Waals surface area (Å²) < 4.78 is 5.13. The molecule has 0 heterocycles. The van der Waals surface area contributed by atoms with Crippen molar-refractivity contribution in [3.05, 3.63) is 0 Å². The third-order valence-electron chi connectivity index (χ3n) is 1.49. The van der Waals surface area contributed by atoms with Gasteiger partial charge in [-0.2, -0.15) is 0 Å². The van der Waals surface area contributed by atoms with Crippen LogP contribution in [-0.2, 0) is 4.74 Å². The molecule has 0 rings (SSSR count). The Balaban J connectivity index is 3.10. The van der Waals surface area contributed by atoms with Gasteiger partial charge >= 0.3 is 7.05 Å². The van der Waals surface area contributed by atoms with E-state index in [1.54, 1.807) is 11.6 Å². The van der Waals surface area contributed by atoms with Crippen LogP contribution in [0.5, 0.6) is 0 Å². The minimum Gasteiger partial charge on any atom is -0.437 e. The molecule has 3 N–H and O–H groups in total. The van der Waals surface area contributed by atoms with Gasteiger partial charge in [-0.1, -0.05) is 0 Å². The van der Waals surface area contributed by atoms with Gasteiger partial charge in [0, 0.05) is 13.1 Å². The van der Waals surface area contributed by atoms with Crippen molar-refractivity contribution in [3.63, 3.8) is 0 Å². The molecule has 0 aliphatic heterocycles. The number of rotatable bonds is 6. The van der Waals surface area contributed by atoms with E-state index in [9.17, 15) is 0 Å². The van der Waals surface area contributed by atoms with Gasteiger partial charge in [0.15, 0.2) is 0 Å². The number of likely N-dealkylation sites (N-methyl/N-ethyl adjacent to an activating group) is 1. The molecule has 0 unspecified atom stereocenters. The van der Waals surface area contributed by atoms with Crippen LogP contribution in [0.1, 0.15) is 0 Å². The van der Waals surface area contributed by atoms with Crippen LogP contribution < -0.4 is 5.73 Å². The molecule has 0 saturated heterocycles. The van der Waals surface area contributed by atoms with Crippen LogP contribution in [0.15, 0.2) is 0 Å². The van der Waals surface area contributed by atoms with Gasteiger partial charge in [0.05, 0.1) is 13.2 Å². The molecule has 0 fully saturated rings. The maximum Gasteiger partial charge on any atom is 0.376 e. The molecule has 0 amide bonds. The van der Waals surface area contributed by atoms with Crippen LogP contribution in [0.25, 0.3) is 0 Å². The highest BCUT2D eigenvalue weighted by atomic mass is 16.5. The second kappa shape index (κ2) is 6.60. The second-order valence-corrected chi connectivity index (χ2v) is 2.51. The Bertz CT molecular complexity index is 92.7. The summed E-state index contributed by atoms with van der Waals surface area (Å²) >= 11 is 0. The Hall–Kier alpha value is -0.0951. The van der Waals surface area contributed by atoms with Crippen molar-refractivity contribution in [1.82, 2.24) is 4.81 Å². The molecule has 4 nitrogen and oxygen atoms in total. The fourth-order valence-electron chi connectivity index (χ4n) is 0.581. The maximum atomic E-state index is 9.02. The van der Waals surface area contributed by atoms with Crippen molar-refractivity contribution < 1.29 is 9.76 Å². The largest absolute Gasteiger partial charge is 0.437 e. The molecule has 0 aromatic rings. The van der Waals surface area contributed by atoms with Gasteiger partial charge in [0.2, 0.25) is 0 Å². The zero-order valence-corrected chi connectivity index (χ0v) is 7.29.